The van der Waals surface area contributed by atoms with Crippen molar-refractivity contribution in [3.8, 4) is 5.75 Å². The van der Waals surface area contributed by atoms with Gasteiger partial charge in [0.1, 0.15) is 6.61 Å². The first kappa shape index (κ1) is 24.7. The fourth-order valence-electron chi connectivity index (χ4n) is 1.63. The number of carboxylic acid groups (broad SMARTS) is 2. The second kappa shape index (κ2) is 12.1. The van der Waals surface area contributed by atoms with Crippen molar-refractivity contribution >= 4 is 39.5 Å². The average Bonchev–Trinajstić information content (AvgIpc) is 2.47. The van der Waals surface area contributed by atoms with E-state index in [4.69, 9.17) is 40.9 Å². The highest BCUT2D eigenvalue weighted by Gasteiger charge is 2.09. The molecule has 0 radical (unpaired) electrons. The van der Waals surface area contributed by atoms with E-state index in [9.17, 15) is 0 Å². The first-order valence-corrected chi connectivity index (χ1v) is 8.98. The molecule has 0 heterocycles. The highest BCUT2D eigenvalue weighted by atomic mass is 79.9. The number of aryl methyl sites for hydroxylation is 1. The molecule has 1 aromatic rings. The van der Waals surface area contributed by atoms with Crippen molar-refractivity contribution in [2.75, 3.05) is 26.4 Å². The predicted molar refractivity (Wildman–Crippen MR) is 103 cm³/mol. The van der Waals surface area contributed by atoms with Gasteiger partial charge in [0, 0.05) is 12.1 Å². The van der Waals surface area contributed by atoms with Crippen molar-refractivity contribution in [1.29, 1.82) is 0 Å². The zero-order valence-electron chi connectivity index (χ0n) is 15.3. The lowest BCUT2D eigenvalue weighted by Crippen LogP contribution is -2.38. The minimum Gasteiger partial charge on any atom is -0.488 e. The number of benzene rings is 1. The van der Waals surface area contributed by atoms with Gasteiger partial charge in [-0.05, 0) is 61.3 Å². The zero-order valence-corrected chi connectivity index (χ0v) is 17.6. The summed E-state index contributed by atoms with van der Waals surface area (Å²) in [6, 6.07) is 3.87. The molecular formula is C17H25BrClNO6. The Labute approximate surface area is 166 Å². The molecule has 9 heteroatoms. The molecule has 0 saturated heterocycles. The number of hydrogen-bond donors (Lipinski definition) is 3. The third-order valence-electron chi connectivity index (χ3n) is 2.70. The molecular weight excluding hydrogens is 430 g/mol. The number of rotatable bonds is 7. The van der Waals surface area contributed by atoms with Crippen LogP contribution in [0.2, 0.25) is 5.02 Å². The molecule has 26 heavy (non-hydrogen) atoms. The predicted octanol–water partition coefficient (Wildman–Crippen LogP) is 3.35. The highest BCUT2D eigenvalue weighted by molar-refractivity contribution is 9.10. The van der Waals surface area contributed by atoms with Crippen LogP contribution in [0.4, 0.5) is 0 Å². The molecule has 1 rings (SSSR count). The molecule has 0 aromatic heterocycles. The van der Waals surface area contributed by atoms with Crippen LogP contribution < -0.4 is 10.1 Å². The molecule has 148 valence electrons. The molecule has 0 fully saturated rings. The molecule has 0 atom stereocenters. The first-order valence-electron chi connectivity index (χ1n) is 7.81. The molecule has 7 nitrogen and oxygen atoms in total. The summed E-state index contributed by atoms with van der Waals surface area (Å²) in [5.74, 6) is -2.97. The number of ether oxygens (including phenoxy) is 2. The Balaban J connectivity index is 0.000000896. The van der Waals surface area contributed by atoms with Crippen LogP contribution in [0.15, 0.2) is 16.6 Å². The number of aliphatic carboxylic acids is 2. The van der Waals surface area contributed by atoms with Crippen molar-refractivity contribution in [3.05, 3.63) is 27.2 Å². The van der Waals surface area contributed by atoms with Gasteiger partial charge in [0.15, 0.2) is 5.75 Å². The van der Waals surface area contributed by atoms with E-state index in [1.807, 2.05) is 19.1 Å². The summed E-state index contributed by atoms with van der Waals surface area (Å²) in [6.07, 6.45) is 0. The van der Waals surface area contributed by atoms with E-state index in [1.54, 1.807) is 0 Å². The maximum absolute atomic E-state index is 9.10. The van der Waals surface area contributed by atoms with Crippen LogP contribution >= 0.6 is 27.5 Å². The van der Waals surface area contributed by atoms with Crippen LogP contribution in [0.25, 0.3) is 0 Å². The Morgan fingerprint density at radius 1 is 1.15 bits per heavy atom. The molecule has 0 aliphatic rings. The lowest BCUT2D eigenvalue weighted by Gasteiger charge is -2.20. The minimum atomic E-state index is -1.82. The fraction of sp³-hybridized carbons (Fsp3) is 0.529. The van der Waals surface area contributed by atoms with E-state index in [2.05, 4.69) is 42.0 Å². The van der Waals surface area contributed by atoms with Crippen molar-refractivity contribution < 1.29 is 29.3 Å². The summed E-state index contributed by atoms with van der Waals surface area (Å²) in [5.41, 5.74) is 1.22. The van der Waals surface area contributed by atoms with E-state index in [0.717, 1.165) is 16.6 Å². The lowest BCUT2D eigenvalue weighted by atomic mass is 10.1. The van der Waals surface area contributed by atoms with Crippen LogP contribution in [0.5, 0.6) is 5.75 Å². The number of carbonyl (C=O) groups is 2. The van der Waals surface area contributed by atoms with Gasteiger partial charge in [-0.3, -0.25) is 0 Å². The standard InChI is InChI=1S/C15H23BrClNO2.C2H2O4/c1-11-9-12(16)14(13(17)10-11)20-8-7-19-6-5-18-15(2,3)4;3-1(4)2(5)6/h9-10,18H,5-8H2,1-4H3;(H,3,4)(H,5,6). The number of carboxylic acids is 2. The molecule has 0 aliphatic carbocycles. The summed E-state index contributed by atoms with van der Waals surface area (Å²) in [7, 11) is 0. The van der Waals surface area contributed by atoms with E-state index < -0.39 is 11.9 Å². The van der Waals surface area contributed by atoms with Gasteiger partial charge in [0.05, 0.1) is 22.7 Å². The van der Waals surface area contributed by atoms with Gasteiger partial charge >= 0.3 is 11.9 Å². The van der Waals surface area contributed by atoms with Crippen LogP contribution in [-0.4, -0.2) is 54.1 Å². The third-order valence-corrected chi connectivity index (χ3v) is 3.57. The number of nitrogens with one attached hydrogen (secondary N) is 1. The van der Waals surface area contributed by atoms with Gasteiger partial charge in [0.2, 0.25) is 0 Å². The lowest BCUT2D eigenvalue weighted by molar-refractivity contribution is -0.159. The maximum atomic E-state index is 9.10. The molecule has 0 unspecified atom stereocenters. The Bertz CT molecular complexity index is 568. The quantitative estimate of drug-likeness (QED) is 0.428. The number of halogens is 2. The molecule has 1 aromatic carbocycles. The van der Waals surface area contributed by atoms with E-state index in [-0.39, 0.29) is 5.54 Å². The highest BCUT2D eigenvalue weighted by Crippen LogP contribution is 2.34. The molecule has 0 bridgehead atoms. The molecule has 0 saturated carbocycles. The largest absolute Gasteiger partial charge is 0.488 e. The van der Waals surface area contributed by atoms with Gasteiger partial charge in [-0.1, -0.05) is 11.6 Å². The summed E-state index contributed by atoms with van der Waals surface area (Å²) in [4.78, 5) is 18.2. The smallest absolute Gasteiger partial charge is 0.414 e. The van der Waals surface area contributed by atoms with Crippen LogP contribution in [-0.2, 0) is 14.3 Å². The minimum absolute atomic E-state index is 0.125. The van der Waals surface area contributed by atoms with Crippen LogP contribution in [0.3, 0.4) is 0 Å². The molecule has 0 aliphatic heterocycles. The first-order chi connectivity index (χ1) is 11.9. The summed E-state index contributed by atoms with van der Waals surface area (Å²) < 4.78 is 12.0. The molecule has 3 N–H and O–H groups in total. The number of hydrogen-bond acceptors (Lipinski definition) is 5. The maximum Gasteiger partial charge on any atom is 0.414 e. The Kier molecular flexibility index (Phi) is 11.5. The van der Waals surface area contributed by atoms with E-state index in [0.29, 0.717) is 30.6 Å². The van der Waals surface area contributed by atoms with Gasteiger partial charge in [-0.2, -0.15) is 0 Å². The van der Waals surface area contributed by atoms with Crippen molar-refractivity contribution in [1.82, 2.24) is 5.32 Å². The normalized spacial score (nSPS) is 10.7. The van der Waals surface area contributed by atoms with Gasteiger partial charge in [0.25, 0.3) is 0 Å². The Morgan fingerprint density at radius 3 is 2.19 bits per heavy atom. The molecule has 0 spiro atoms. The molecule has 0 amide bonds. The summed E-state index contributed by atoms with van der Waals surface area (Å²) in [5, 5.41) is 18.8. The van der Waals surface area contributed by atoms with E-state index in [1.165, 1.54) is 0 Å². The van der Waals surface area contributed by atoms with E-state index >= 15 is 0 Å². The van der Waals surface area contributed by atoms with Gasteiger partial charge < -0.3 is 25.0 Å². The fourth-order valence-corrected chi connectivity index (χ4v) is 2.76. The van der Waals surface area contributed by atoms with Crippen LogP contribution in [0, 0.1) is 6.92 Å². The topological polar surface area (TPSA) is 105 Å². The Hall–Kier alpha value is -1.35. The summed E-state index contributed by atoms with van der Waals surface area (Å²) in [6.45, 7) is 10.9. The van der Waals surface area contributed by atoms with Crippen molar-refractivity contribution in [2.45, 2.75) is 33.2 Å². The van der Waals surface area contributed by atoms with Crippen molar-refractivity contribution in [2.24, 2.45) is 0 Å². The second-order valence-electron chi connectivity index (χ2n) is 6.31. The van der Waals surface area contributed by atoms with Gasteiger partial charge in [-0.25, -0.2) is 9.59 Å². The monoisotopic (exact) mass is 453 g/mol. The Morgan fingerprint density at radius 2 is 1.73 bits per heavy atom. The zero-order chi connectivity index (χ0) is 20.3. The van der Waals surface area contributed by atoms with Crippen LogP contribution in [0.1, 0.15) is 26.3 Å². The third kappa shape index (κ3) is 12.1. The SMILES string of the molecule is Cc1cc(Cl)c(OCCOCCNC(C)(C)C)c(Br)c1.O=C(O)C(=O)O. The van der Waals surface area contributed by atoms with Crippen molar-refractivity contribution in [3.63, 3.8) is 0 Å². The second-order valence-corrected chi connectivity index (χ2v) is 7.57. The summed E-state index contributed by atoms with van der Waals surface area (Å²) >= 11 is 9.60. The average molecular weight is 455 g/mol. The van der Waals surface area contributed by atoms with Gasteiger partial charge in [-0.15, -0.1) is 0 Å².